The van der Waals surface area contributed by atoms with Gasteiger partial charge in [-0.2, -0.15) is 13.9 Å². The molecule has 1 amide bonds. The third-order valence-corrected chi connectivity index (χ3v) is 6.22. The highest BCUT2D eigenvalue weighted by atomic mass is 19.3. The average Bonchev–Trinajstić information content (AvgIpc) is 2.97. The summed E-state index contributed by atoms with van der Waals surface area (Å²) in [5.41, 5.74) is 1.17. The van der Waals surface area contributed by atoms with Crippen molar-refractivity contribution in [3.63, 3.8) is 0 Å². The van der Waals surface area contributed by atoms with E-state index in [0.29, 0.717) is 22.4 Å². The van der Waals surface area contributed by atoms with E-state index in [0.717, 1.165) is 19.5 Å². The molecule has 2 aromatic rings. The van der Waals surface area contributed by atoms with Crippen molar-refractivity contribution in [1.29, 1.82) is 0 Å². The average molecular weight is 348 g/mol. The van der Waals surface area contributed by atoms with Crippen molar-refractivity contribution < 1.29 is 18.3 Å². The van der Waals surface area contributed by atoms with Crippen LogP contribution < -0.4 is 10.1 Å². The van der Waals surface area contributed by atoms with E-state index >= 15 is 0 Å². The number of benzene rings is 1. The second-order valence-corrected chi connectivity index (χ2v) is 7.18. The molecule has 132 valence electrons. The van der Waals surface area contributed by atoms with Crippen LogP contribution in [0.1, 0.15) is 29.8 Å². The number of fused-ring (bicyclic) bond motifs is 1. The summed E-state index contributed by atoms with van der Waals surface area (Å²) in [4.78, 5) is 15.2. The number of nitrogens with zero attached hydrogens (tertiary/aromatic N) is 2. The quantitative estimate of drug-likeness (QED) is 0.888. The molecule has 1 spiro atoms. The maximum absolute atomic E-state index is 12.7. The zero-order valence-electron chi connectivity index (χ0n) is 13.5. The SMILES string of the molecule is O=C(N[C@@H]1CN2CCC23CC[C@H]13)c1n[nH]c2ccc(OC(F)F)cc12. The molecule has 1 aromatic carbocycles. The Morgan fingerprint density at radius 1 is 1.44 bits per heavy atom. The Morgan fingerprint density at radius 3 is 2.96 bits per heavy atom. The second-order valence-electron chi connectivity index (χ2n) is 7.18. The van der Waals surface area contributed by atoms with Gasteiger partial charge in [0.05, 0.1) is 5.52 Å². The number of hydrogen-bond donors (Lipinski definition) is 2. The summed E-state index contributed by atoms with van der Waals surface area (Å²) in [7, 11) is 0. The lowest BCUT2D eigenvalue weighted by atomic mass is 9.61. The van der Waals surface area contributed by atoms with Crippen molar-refractivity contribution in [3.8, 4) is 5.75 Å². The first-order chi connectivity index (χ1) is 12.1. The van der Waals surface area contributed by atoms with E-state index in [-0.39, 0.29) is 23.4 Å². The molecule has 0 bridgehead atoms. The maximum atomic E-state index is 12.7. The number of nitrogens with one attached hydrogen (secondary N) is 2. The molecule has 3 atom stereocenters. The van der Waals surface area contributed by atoms with Gasteiger partial charge in [-0.15, -0.1) is 0 Å². The number of ether oxygens (including phenoxy) is 1. The van der Waals surface area contributed by atoms with Gasteiger partial charge in [-0.25, -0.2) is 0 Å². The van der Waals surface area contributed by atoms with E-state index in [1.807, 2.05) is 0 Å². The highest BCUT2D eigenvalue weighted by Crippen LogP contribution is 2.57. The highest BCUT2D eigenvalue weighted by Gasteiger charge is 2.63. The molecular weight excluding hydrogens is 330 g/mol. The molecule has 5 rings (SSSR count). The van der Waals surface area contributed by atoms with Gasteiger partial charge in [0.2, 0.25) is 0 Å². The molecule has 3 aliphatic rings. The number of carbonyl (C=O) groups is 1. The van der Waals surface area contributed by atoms with E-state index in [1.54, 1.807) is 6.07 Å². The summed E-state index contributed by atoms with van der Waals surface area (Å²) >= 11 is 0. The van der Waals surface area contributed by atoms with Crippen molar-refractivity contribution in [2.75, 3.05) is 13.1 Å². The summed E-state index contributed by atoms with van der Waals surface area (Å²) in [6.45, 7) is -0.902. The zero-order valence-corrected chi connectivity index (χ0v) is 13.5. The monoisotopic (exact) mass is 348 g/mol. The topological polar surface area (TPSA) is 70.2 Å². The zero-order chi connectivity index (χ0) is 17.2. The van der Waals surface area contributed by atoms with E-state index < -0.39 is 6.61 Å². The fourth-order valence-electron chi connectivity index (χ4n) is 4.84. The van der Waals surface area contributed by atoms with Crippen LogP contribution in [0.2, 0.25) is 0 Å². The van der Waals surface area contributed by atoms with Crippen LogP contribution in [-0.4, -0.2) is 52.3 Å². The lowest BCUT2D eigenvalue weighted by Gasteiger charge is -2.58. The summed E-state index contributed by atoms with van der Waals surface area (Å²) in [6.07, 6.45) is 3.60. The van der Waals surface area contributed by atoms with Crippen LogP contribution in [0.5, 0.6) is 5.75 Å². The number of H-pyrrole nitrogens is 1. The molecule has 1 aliphatic carbocycles. The molecular formula is C17H18F2N4O2. The van der Waals surface area contributed by atoms with Crippen LogP contribution in [0.3, 0.4) is 0 Å². The minimum absolute atomic E-state index is 0.0147. The van der Waals surface area contributed by atoms with Gasteiger partial charge in [-0.1, -0.05) is 0 Å². The Hall–Kier alpha value is -2.22. The molecule has 2 saturated heterocycles. The largest absolute Gasteiger partial charge is 0.435 e. The molecule has 0 radical (unpaired) electrons. The van der Waals surface area contributed by atoms with Crippen LogP contribution in [0, 0.1) is 5.92 Å². The maximum Gasteiger partial charge on any atom is 0.387 e. The first kappa shape index (κ1) is 15.1. The van der Waals surface area contributed by atoms with Crippen LogP contribution >= 0.6 is 0 Å². The van der Waals surface area contributed by atoms with Gasteiger partial charge in [0.25, 0.3) is 5.91 Å². The minimum atomic E-state index is -2.90. The predicted molar refractivity (Wildman–Crippen MR) is 85.6 cm³/mol. The summed E-state index contributed by atoms with van der Waals surface area (Å²) in [6, 6.07) is 4.57. The molecule has 3 fully saturated rings. The van der Waals surface area contributed by atoms with Gasteiger partial charge in [0.15, 0.2) is 5.69 Å². The Labute approximate surface area is 142 Å². The Kier molecular flexibility index (Phi) is 3.10. The Morgan fingerprint density at radius 2 is 2.32 bits per heavy atom. The van der Waals surface area contributed by atoms with Crippen molar-refractivity contribution >= 4 is 16.8 Å². The first-order valence-corrected chi connectivity index (χ1v) is 8.56. The second kappa shape index (κ2) is 5.14. The van der Waals surface area contributed by atoms with Crippen LogP contribution in [0.15, 0.2) is 18.2 Å². The van der Waals surface area contributed by atoms with Crippen LogP contribution in [-0.2, 0) is 0 Å². The van der Waals surface area contributed by atoms with Gasteiger partial charge in [0, 0.05) is 30.1 Å². The molecule has 25 heavy (non-hydrogen) atoms. The van der Waals surface area contributed by atoms with Gasteiger partial charge < -0.3 is 10.1 Å². The van der Waals surface area contributed by atoms with E-state index in [9.17, 15) is 13.6 Å². The van der Waals surface area contributed by atoms with E-state index in [2.05, 4.69) is 25.2 Å². The standard InChI is InChI=1S/C17H18F2N4O2/c18-16(19)25-9-1-2-12-10(7-9)14(22-21-12)15(24)20-13-8-23-6-5-17(23)4-3-11(13)17/h1-2,7,11,13,16H,3-6,8H2,(H,20,24)(H,21,22)/t11-,13-,17?/m1/s1. The fraction of sp³-hybridized carbons (Fsp3) is 0.529. The van der Waals surface area contributed by atoms with Crippen molar-refractivity contribution in [2.45, 2.75) is 37.5 Å². The van der Waals surface area contributed by atoms with Gasteiger partial charge in [-0.3, -0.25) is 14.8 Å². The third kappa shape index (κ3) is 2.09. The summed E-state index contributed by atoms with van der Waals surface area (Å²) in [5.74, 6) is 0.268. The number of halogens is 2. The molecule has 2 aliphatic heterocycles. The highest BCUT2D eigenvalue weighted by molar-refractivity contribution is 6.05. The lowest BCUT2D eigenvalue weighted by Crippen LogP contribution is -2.64. The fourth-order valence-corrected chi connectivity index (χ4v) is 4.84. The number of amides is 1. The molecule has 1 unspecified atom stereocenters. The number of alkyl halides is 2. The minimum Gasteiger partial charge on any atom is -0.435 e. The number of aromatic amines is 1. The van der Waals surface area contributed by atoms with E-state index in [4.69, 9.17) is 0 Å². The first-order valence-electron chi connectivity index (χ1n) is 8.56. The van der Waals surface area contributed by atoms with Gasteiger partial charge in [0.1, 0.15) is 5.75 Å². The molecule has 8 heteroatoms. The molecule has 3 heterocycles. The molecule has 1 aromatic heterocycles. The molecule has 2 N–H and O–H groups in total. The number of aromatic nitrogens is 2. The van der Waals surface area contributed by atoms with Crippen LogP contribution in [0.4, 0.5) is 8.78 Å². The van der Waals surface area contributed by atoms with Crippen molar-refractivity contribution in [2.24, 2.45) is 5.92 Å². The van der Waals surface area contributed by atoms with Gasteiger partial charge in [-0.05, 0) is 43.4 Å². The van der Waals surface area contributed by atoms with Crippen molar-refractivity contribution in [3.05, 3.63) is 23.9 Å². The number of hydrogen-bond acceptors (Lipinski definition) is 4. The van der Waals surface area contributed by atoms with Crippen molar-refractivity contribution in [1.82, 2.24) is 20.4 Å². The number of carbonyl (C=O) groups excluding carboxylic acids is 1. The van der Waals surface area contributed by atoms with E-state index in [1.165, 1.54) is 25.0 Å². The normalized spacial score (nSPS) is 30.5. The summed E-state index contributed by atoms with van der Waals surface area (Å²) < 4.78 is 29.2. The Bertz CT molecular complexity index is 850. The van der Waals surface area contributed by atoms with Gasteiger partial charge >= 0.3 is 6.61 Å². The summed E-state index contributed by atoms with van der Waals surface area (Å²) in [5, 5.41) is 10.4. The smallest absolute Gasteiger partial charge is 0.387 e. The molecule has 6 nitrogen and oxygen atoms in total. The third-order valence-electron chi connectivity index (χ3n) is 6.22. The van der Waals surface area contributed by atoms with Crippen LogP contribution in [0.25, 0.3) is 10.9 Å². The predicted octanol–water partition coefficient (Wildman–Crippen LogP) is 2.13. The number of rotatable bonds is 4. The molecule has 1 saturated carbocycles. The lowest BCUT2D eigenvalue weighted by molar-refractivity contribution is -0.0676. The Balaban J connectivity index is 1.38.